The van der Waals surface area contributed by atoms with Gasteiger partial charge >= 0.3 is 6.18 Å². The van der Waals surface area contributed by atoms with Crippen LogP contribution in [0.3, 0.4) is 0 Å². The van der Waals surface area contributed by atoms with Crippen LogP contribution in [-0.4, -0.2) is 25.9 Å². The van der Waals surface area contributed by atoms with Crippen molar-refractivity contribution in [1.82, 2.24) is 9.38 Å². The van der Waals surface area contributed by atoms with Crippen LogP contribution >= 0.6 is 0 Å². The first-order valence-corrected chi connectivity index (χ1v) is 7.71. The highest BCUT2D eigenvalue weighted by Gasteiger charge is 2.31. The number of aliphatic hydroxyl groups excluding tert-OH is 1. The molecule has 2 aromatic heterocycles. The Bertz CT molecular complexity index is 1020. The summed E-state index contributed by atoms with van der Waals surface area (Å²) in [6.45, 7) is 3.56. The number of aromatic amines is 1. The van der Waals surface area contributed by atoms with Gasteiger partial charge in [0, 0.05) is 12.1 Å². The van der Waals surface area contributed by atoms with E-state index >= 15 is 0 Å². The van der Waals surface area contributed by atoms with Gasteiger partial charge in [0.05, 0.1) is 16.6 Å². The second-order valence-corrected chi connectivity index (χ2v) is 6.08. The van der Waals surface area contributed by atoms with E-state index in [1.54, 1.807) is 18.2 Å². The molecule has 2 heterocycles. The second kappa shape index (κ2) is 5.89. The van der Waals surface area contributed by atoms with Crippen molar-refractivity contribution in [2.24, 2.45) is 0 Å². The number of aryl methyl sites for hydroxylation is 2. The second-order valence-electron chi connectivity index (χ2n) is 6.08. The average molecular weight is 354 g/mol. The number of hydrogen-bond donors (Lipinski definition) is 3. The molecule has 3 aromatic rings. The van der Waals surface area contributed by atoms with Gasteiger partial charge in [0.2, 0.25) is 0 Å². The van der Waals surface area contributed by atoms with Crippen LogP contribution in [0.15, 0.2) is 23.0 Å². The summed E-state index contributed by atoms with van der Waals surface area (Å²) >= 11 is 0. The Balaban J connectivity index is 2.36. The Labute approximate surface area is 140 Å². The number of nitrogens with one attached hydrogen (secondary N) is 1. The van der Waals surface area contributed by atoms with Crippen molar-refractivity contribution >= 4 is 16.6 Å². The van der Waals surface area contributed by atoms with Gasteiger partial charge in [-0.1, -0.05) is 0 Å². The Morgan fingerprint density at radius 2 is 1.88 bits per heavy atom. The first kappa shape index (κ1) is 17.5. The van der Waals surface area contributed by atoms with Crippen LogP contribution in [0.2, 0.25) is 0 Å². The summed E-state index contributed by atoms with van der Waals surface area (Å²) in [4.78, 5) is 14.9. The van der Waals surface area contributed by atoms with E-state index in [1.807, 2.05) is 0 Å². The maximum atomic E-state index is 12.9. The summed E-state index contributed by atoms with van der Waals surface area (Å²) in [7, 11) is 0. The Morgan fingerprint density at radius 3 is 2.48 bits per heavy atom. The van der Waals surface area contributed by atoms with Gasteiger partial charge in [-0.05, 0) is 49.6 Å². The fourth-order valence-electron chi connectivity index (χ4n) is 3.16. The lowest BCUT2D eigenvalue weighted by Gasteiger charge is -2.11. The van der Waals surface area contributed by atoms with Crippen LogP contribution < -0.4 is 5.56 Å². The molecule has 0 saturated carbocycles. The van der Waals surface area contributed by atoms with E-state index in [1.165, 1.54) is 6.07 Å². The van der Waals surface area contributed by atoms with E-state index < -0.39 is 23.6 Å². The summed E-state index contributed by atoms with van der Waals surface area (Å²) in [6, 6.07) is 3.19. The van der Waals surface area contributed by atoms with Crippen molar-refractivity contribution in [2.75, 3.05) is 0 Å². The maximum absolute atomic E-state index is 12.9. The third-order valence-corrected chi connectivity index (χ3v) is 4.51. The zero-order chi connectivity index (χ0) is 18.5. The highest BCUT2D eigenvalue weighted by molar-refractivity contribution is 5.81. The predicted molar refractivity (Wildman–Crippen MR) is 86.5 cm³/mol. The number of aromatic nitrogens is 2. The maximum Gasteiger partial charge on any atom is 0.416 e. The van der Waals surface area contributed by atoms with Crippen LogP contribution in [0.4, 0.5) is 13.2 Å². The van der Waals surface area contributed by atoms with Gasteiger partial charge in [-0.3, -0.25) is 4.79 Å². The lowest BCUT2D eigenvalue weighted by Crippen LogP contribution is -2.14. The zero-order valence-electron chi connectivity index (χ0n) is 13.6. The molecule has 0 bridgehead atoms. The first-order chi connectivity index (χ1) is 11.6. The van der Waals surface area contributed by atoms with Crippen LogP contribution in [0.1, 0.15) is 28.8 Å². The van der Waals surface area contributed by atoms with Gasteiger partial charge in [-0.2, -0.15) is 13.2 Å². The molecule has 0 aliphatic carbocycles. The van der Waals surface area contributed by atoms with Crippen molar-refractivity contribution in [2.45, 2.75) is 39.2 Å². The van der Waals surface area contributed by atoms with E-state index in [0.29, 0.717) is 22.3 Å². The van der Waals surface area contributed by atoms with Crippen molar-refractivity contribution in [3.63, 3.8) is 0 Å². The molecule has 0 unspecified atom stereocenters. The van der Waals surface area contributed by atoms with Crippen molar-refractivity contribution in [3.05, 3.63) is 50.9 Å². The topological polar surface area (TPSA) is 77.7 Å². The molecule has 0 saturated heterocycles. The normalized spacial score (nSPS) is 12.6. The number of H-pyrrole nitrogens is 1. The van der Waals surface area contributed by atoms with Crippen molar-refractivity contribution in [3.8, 4) is 0 Å². The van der Waals surface area contributed by atoms with Gasteiger partial charge < -0.3 is 19.6 Å². The standard InChI is InChI=1S/C17H17F3N2O3/c1-8-9(2)15-16(25)21-11-7-10(17(18,19)20)3-4-13(11)22(15)12(8)5-6-14(23)24/h3-4,7,14,23-24H,5-6H2,1-2H3,(H,21,25). The van der Waals surface area contributed by atoms with Crippen LogP contribution in [-0.2, 0) is 12.6 Å². The van der Waals surface area contributed by atoms with Gasteiger partial charge in [0.15, 0.2) is 6.29 Å². The van der Waals surface area contributed by atoms with E-state index in [4.69, 9.17) is 10.2 Å². The summed E-state index contributed by atoms with van der Waals surface area (Å²) in [5.74, 6) is 0. The number of aliphatic hydroxyl groups is 2. The van der Waals surface area contributed by atoms with Gasteiger partial charge in [-0.15, -0.1) is 0 Å². The quantitative estimate of drug-likeness (QED) is 0.633. The summed E-state index contributed by atoms with van der Waals surface area (Å²) < 4.78 is 40.4. The van der Waals surface area contributed by atoms with E-state index in [9.17, 15) is 18.0 Å². The fourth-order valence-corrected chi connectivity index (χ4v) is 3.16. The van der Waals surface area contributed by atoms with E-state index in [0.717, 1.165) is 17.7 Å². The molecular formula is C17H17F3N2O3. The summed E-state index contributed by atoms with van der Waals surface area (Å²) in [5, 5.41) is 18.3. The average Bonchev–Trinajstić information content (AvgIpc) is 2.76. The molecule has 8 heteroatoms. The van der Waals surface area contributed by atoms with Crippen LogP contribution in [0.25, 0.3) is 16.6 Å². The number of fused-ring (bicyclic) bond motifs is 3. The number of nitrogens with zero attached hydrogens (tertiary/aromatic N) is 1. The molecule has 0 aliphatic rings. The highest BCUT2D eigenvalue weighted by atomic mass is 19.4. The van der Waals surface area contributed by atoms with Crippen LogP contribution in [0, 0.1) is 13.8 Å². The number of benzene rings is 1. The Kier molecular flexibility index (Phi) is 4.12. The number of hydrogen-bond acceptors (Lipinski definition) is 3. The highest BCUT2D eigenvalue weighted by Crippen LogP contribution is 2.32. The van der Waals surface area contributed by atoms with Crippen molar-refractivity contribution < 1.29 is 23.4 Å². The molecule has 5 nitrogen and oxygen atoms in total. The minimum Gasteiger partial charge on any atom is -0.368 e. The first-order valence-electron chi connectivity index (χ1n) is 7.71. The van der Waals surface area contributed by atoms with Gasteiger partial charge in [-0.25, -0.2) is 0 Å². The summed E-state index contributed by atoms with van der Waals surface area (Å²) in [5.41, 5.74) is 1.73. The third kappa shape index (κ3) is 2.91. The molecule has 0 atom stereocenters. The molecule has 0 fully saturated rings. The number of rotatable bonds is 3. The summed E-state index contributed by atoms with van der Waals surface area (Å²) in [6.07, 6.45) is -5.68. The third-order valence-electron chi connectivity index (χ3n) is 4.51. The Hall–Kier alpha value is -2.32. The lowest BCUT2D eigenvalue weighted by molar-refractivity contribution is -0.137. The number of halogens is 3. The molecule has 0 aliphatic heterocycles. The predicted octanol–water partition coefficient (Wildman–Crippen LogP) is 2.66. The SMILES string of the molecule is Cc1c(C)c2c(=O)[nH]c3cc(C(F)(F)F)ccc3n2c1CCC(O)O. The zero-order valence-corrected chi connectivity index (χ0v) is 13.6. The minimum absolute atomic E-state index is 0.0569. The lowest BCUT2D eigenvalue weighted by atomic mass is 10.1. The molecule has 0 radical (unpaired) electrons. The molecule has 3 rings (SSSR count). The molecule has 25 heavy (non-hydrogen) atoms. The van der Waals surface area contributed by atoms with Crippen molar-refractivity contribution in [1.29, 1.82) is 0 Å². The molecule has 1 aromatic carbocycles. The molecule has 0 amide bonds. The smallest absolute Gasteiger partial charge is 0.368 e. The van der Waals surface area contributed by atoms with E-state index in [2.05, 4.69) is 4.98 Å². The minimum atomic E-state index is -4.51. The monoisotopic (exact) mass is 354 g/mol. The molecule has 134 valence electrons. The molecular weight excluding hydrogens is 337 g/mol. The fraction of sp³-hybridized carbons (Fsp3) is 0.353. The molecule has 3 N–H and O–H groups in total. The Morgan fingerprint density at radius 1 is 1.20 bits per heavy atom. The largest absolute Gasteiger partial charge is 0.416 e. The van der Waals surface area contributed by atoms with Crippen LogP contribution in [0.5, 0.6) is 0 Å². The molecule has 0 spiro atoms. The van der Waals surface area contributed by atoms with Gasteiger partial charge in [0.1, 0.15) is 5.52 Å². The van der Waals surface area contributed by atoms with E-state index in [-0.39, 0.29) is 18.4 Å². The van der Waals surface area contributed by atoms with Gasteiger partial charge in [0.25, 0.3) is 5.56 Å². The number of alkyl halides is 3.